The largest absolute Gasteiger partial charge is 0.495 e. The van der Waals surface area contributed by atoms with E-state index in [9.17, 15) is 4.79 Å². The SMILES string of the molecule is COc1ccccc1N1CCN(Cc2nc3sc4c(c3c(=O)n2N)CCCCC4)CC1. The lowest BCUT2D eigenvalue weighted by molar-refractivity contribution is 0.241. The van der Waals surface area contributed by atoms with Crippen molar-refractivity contribution in [3.63, 3.8) is 0 Å². The average molecular weight is 440 g/mol. The number of aryl methyl sites for hydroxylation is 2. The predicted octanol–water partition coefficient (Wildman–Crippen LogP) is 2.77. The molecule has 0 unspecified atom stereocenters. The van der Waals surface area contributed by atoms with Gasteiger partial charge in [-0.25, -0.2) is 9.66 Å². The number of piperazine rings is 1. The molecule has 0 atom stereocenters. The summed E-state index contributed by atoms with van der Waals surface area (Å²) < 4.78 is 6.80. The van der Waals surface area contributed by atoms with Gasteiger partial charge in [-0.2, -0.15) is 0 Å². The Labute approximate surface area is 186 Å². The zero-order valence-electron chi connectivity index (χ0n) is 18.0. The van der Waals surface area contributed by atoms with Gasteiger partial charge >= 0.3 is 0 Å². The molecule has 0 saturated carbocycles. The van der Waals surface area contributed by atoms with Gasteiger partial charge in [0.1, 0.15) is 16.4 Å². The Morgan fingerprint density at radius 3 is 2.68 bits per heavy atom. The molecule has 0 bridgehead atoms. The van der Waals surface area contributed by atoms with Gasteiger partial charge in [0.05, 0.1) is 24.7 Å². The number of hydrogen-bond donors (Lipinski definition) is 1. The number of nitrogen functional groups attached to an aromatic ring is 1. The number of hydrogen-bond acceptors (Lipinski definition) is 7. The standard InChI is InChI=1S/C23H29N5O2S/c1-30-18-9-6-5-8-17(18)27-13-11-26(12-14-27)15-20-25-22-21(23(29)28(20)24)16-7-3-2-4-10-19(16)31-22/h5-6,8-9H,2-4,7,10-15,24H2,1H3. The minimum atomic E-state index is -0.0907. The first-order valence-electron chi connectivity index (χ1n) is 11.1. The van der Waals surface area contributed by atoms with Gasteiger partial charge in [0.25, 0.3) is 5.56 Å². The number of anilines is 1. The maximum Gasteiger partial charge on any atom is 0.280 e. The second-order valence-corrected chi connectivity index (χ2v) is 9.47. The molecule has 3 heterocycles. The number of thiophene rings is 1. The van der Waals surface area contributed by atoms with Crippen LogP contribution >= 0.6 is 11.3 Å². The lowest BCUT2D eigenvalue weighted by Crippen LogP contribution is -2.47. The highest BCUT2D eigenvalue weighted by atomic mass is 32.1. The zero-order chi connectivity index (χ0) is 21.4. The highest BCUT2D eigenvalue weighted by Gasteiger charge is 2.24. The summed E-state index contributed by atoms with van der Waals surface area (Å²) in [4.78, 5) is 24.8. The van der Waals surface area contributed by atoms with E-state index >= 15 is 0 Å². The summed E-state index contributed by atoms with van der Waals surface area (Å²) in [6.45, 7) is 4.14. The van der Waals surface area contributed by atoms with Crippen molar-refractivity contribution in [3.05, 3.63) is 50.9 Å². The second-order valence-electron chi connectivity index (χ2n) is 8.38. The number of nitrogens with zero attached hydrogens (tertiary/aromatic N) is 4. The number of aromatic nitrogens is 2. The molecule has 1 saturated heterocycles. The lowest BCUT2D eigenvalue weighted by Gasteiger charge is -2.36. The first-order chi connectivity index (χ1) is 15.2. The summed E-state index contributed by atoms with van der Waals surface area (Å²) in [5, 5.41) is 0.758. The summed E-state index contributed by atoms with van der Waals surface area (Å²) >= 11 is 1.69. The molecule has 3 aromatic rings. The van der Waals surface area contributed by atoms with Gasteiger partial charge in [-0.15, -0.1) is 11.3 Å². The van der Waals surface area contributed by atoms with Crippen LogP contribution in [0.2, 0.25) is 0 Å². The summed E-state index contributed by atoms with van der Waals surface area (Å²) in [7, 11) is 1.71. The Hall–Kier alpha value is -2.58. The third kappa shape index (κ3) is 3.78. The monoisotopic (exact) mass is 439 g/mol. The van der Waals surface area contributed by atoms with E-state index in [2.05, 4.69) is 15.9 Å². The normalized spacial score (nSPS) is 17.5. The molecule has 2 N–H and O–H groups in total. The van der Waals surface area contributed by atoms with Gasteiger partial charge in [-0.3, -0.25) is 9.69 Å². The fourth-order valence-corrected chi connectivity index (χ4v) is 6.06. The molecule has 164 valence electrons. The summed E-state index contributed by atoms with van der Waals surface area (Å²) in [6, 6.07) is 8.13. The Bertz CT molecular complexity index is 1150. The van der Waals surface area contributed by atoms with Gasteiger partial charge in [0, 0.05) is 31.1 Å². The molecule has 1 aromatic carbocycles. The van der Waals surface area contributed by atoms with Crippen molar-refractivity contribution in [1.29, 1.82) is 0 Å². The Morgan fingerprint density at radius 2 is 1.87 bits per heavy atom. The minimum Gasteiger partial charge on any atom is -0.495 e. The molecule has 1 fully saturated rings. The van der Waals surface area contributed by atoms with Crippen molar-refractivity contribution in [1.82, 2.24) is 14.6 Å². The number of fused-ring (bicyclic) bond motifs is 3. The van der Waals surface area contributed by atoms with Gasteiger partial charge in [-0.05, 0) is 43.4 Å². The van der Waals surface area contributed by atoms with Crippen molar-refractivity contribution in [2.45, 2.75) is 38.6 Å². The van der Waals surface area contributed by atoms with Crippen molar-refractivity contribution in [3.8, 4) is 5.75 Å². The van der Waals surface area contributed by atoms with Gasteiger partial charge in [-0.1, -0.05) is 18.6 Å². The third-order valence-corrected chi connectivity index (χ3v) is 7.69. The molecular formula is C23H29N5O2S. The van der Waals surface area contributed by atoms with Crippen molar-refractivity contribution < 1.29 is 4.74 Å². The molecule has 0 radical (unpaired) electrons. The zero-order valence-corrected chi connectivity index (χ0v) is 18.8. The van der Waals surface area contributed by atoms with E-state index in [0.717, 1.165) is 67.1 Å². The number of nitrogens with two attached hydrogens (primary N) is 1. The Morgan fingerprint density at radius 1 is 1.10 bits per heavy atom. The van der Waals surface area contributed by atoms with Gasteiger partial charge in [0.15, 0.2) is 0 Å². The molecule has 7 nitrogen and oxygen atoms in total. The molecule has 2 aromatic heterocycles. The summed E-state index contributed by atoms with van der Waals surface area (Å²) in [5.41, 5.74) is 2.23. The molecule has 5 rings (SSSR count). The average Bonchev–Trinajstić information content (AvgIpc) is 2.98. The molecule has 1 aliphatic carbocycles. The Balaban J connectivity index is 1.34. The topological polar surface area (TPSA) is 76.6 Å². The molecule has 0 amide bonds. The van der Waals surface area contributed by atoms with Crippen LogP contribution < -0.4 is 21.0 Å². The molecule has 0 spiro atoms. The molecule has 31 heavy (non-hydrogen) atoms. The fraction of sp³-hybridized carbons (Fsp3) is 0.478. The van der Waals surface area contributed by atoms with Crippen LogP contribution in [0, 0.1) is 0 Å². The van der Waals surface area contributed by atoms with E-state index in [1.807, 2.05) is 18.2 Å². The van der Waals surface area contributed by atoms with Crippen LogP contribution in [0.1, 0.15) is 35.5 Å². The van der Waals surface area contributed by atoms with Crippen LogP contribution in [-0.2, 0) is 19.4 Å². The first-order valence-corrected chi connectivity index (χ1v) is 11.9. The molecule has 8 heteroatoms. The first kappa shape index (κ1) is 20.3. The van der Waals surface area contributed by atoms with Gasteiger partial charge < -0.3 is 15.5 Å². The van der Waals surface area contributed by atoms with Crippen LogP contribution in [0.4, 0.5) is 5.69 Å². The smallest absolute Gasteiger partial charge is 0.280 e. The van der Waals surface area contributed by atoms with Crippen LogP contribution in [0.3, 0.4) is 0 Å². The van der Waals surface area contributed by atoms with Crippen molar-refractivity contribution in [2.24, 2.45) is 0 Å². The van der Waals surface area contributed by atoms with Crippen LogP contribution in [-0.4, -0.2) is 47.8 Å². The summed E-state index contributed by atoms with van der Waals surface area (Å²) in [6.07, 6.45) is 5.59. The molecule has 1 aliphatic heterocycles. The number of methoxy groups -OCH3 is 1. The highest BCUT2D eigenvalue weighted by molar-refractivity contribution is 7.18. The number of rotatable bonds is 4. The lowest BCUT2D eigenvalue weighted by atomic mass is 10.1. The summed E-state index contributed by atoms with van der Waals surface area (Å²) in [5.74, 6) is 7.80. The van der Waals surface area contributed by atoms with Crippen molar-refractivity contribution >= 4 is 27.2 Å². The van der Waals surface area contributed by atoms with Gasteiger partial charge in [0.2, 0.25) is 0 Å². The van der Waals surface area contributed by atoms with E-state index in [1.165, 1.54) is 28.0 Å². The van der Waals surface area contributed by atoms with E-state index in [4.69, 9.17) is 15.6 Å². The molecular weight excluding hydrogens is 410 g/mol. The maximum atomic E-state index is 13.1. The van der Waals surface area contributed by atoms with E-state index < -0.39 is 0 Å². The van der Waals surface area contributed by atoms with Crippen molar-refractivity contribution in [2.75, 3.05) is 44.0 Å². The molecule has 2 aliphatic rings. The fourth-order valence-electron chi connectivity index (χ4n) is 4.79. The predicted molar refractivity (Wildman–Crippen MR) is 126 cm³/mol. The number of ether oxygens (including phenoxy) is 1. The maximum absolute atomic E-state index is 13.1. The Kier molecular flexibility index (Phi) is 5.58. The third-order valence-electron chi connectivity index (χ3n) is 6.51. The quantitative estimate of drug-likeness (QED) is 0.498. The van der Waals surface area contributed by atoms with E-state index in [1.54, 1.807) is 18.4 Å². The van der Waals surface area contributed by atoms with E-state index in [0.29, 0.717) is 12.4 Å². The highest BCUT2D eigenvalue weighted by Crippen LogP contribution is 2.33. The van der Waals surface area contributed by atoms with Crippen LogP contribution in [0.15, 0.2) is 29.1 Å². The number of benzene rings is 1. The number of para-hydroxylation sites is 2. The minimum absolute atomic E-state index is 0.0907. The van der Waals surface area contributed by atoms with Crippen LogP contribution in [0.25, 0.3) is 10.2 Å². The van der Waals surface area contributed by atoms with E-state index in [-0.39, 0.29) is 5.56 Å². The van der Waals surface area contributed by atoms with Crippen LogP contribution in [0.5, 0.6) is 5.75 Å². The second kappa shape index (κ2) is 8.51.